The molecule has 0 aromatic rings. The van der Waals surface area contributed by atoms with E-state index in [4.69, 9.17) is 25.7 Å². The largest absolute Gasteiger partial charge is 0.387 e. The molecule has 0 radical (unpaired) electrons. The van der Waals surface area contributed by atoms with E-state index in [0.717, 1.165) is 4.52 Å². The van der Waals surface area contributed by atoms with E-state index < -0.39 is 24.6 Å². The van der Waals surface area contributed by atoms with Gasteiger partial charge in [-0.05, 0) is 0 Å². The summed E-state index contributed by atoms with van der Waals surface area (Å²) in [5.74, 6) is 0. The molecule has 0 bridgehead atoms. The standard InChI is InChI=1S/C5H11O6/c6-2-1-11(10)5(9)4(8)3(2)7/h2-10H,1H2/q+1/t2-,3+,4-,5-/m1/s1. The van der Waals surface area contributed by atoms with Gasteiger partial charge in [0.05, 0.1) is 0 Å². The summed E-state index contributed by atoms with van der Waals surface area (Å²) >= 11 is 0. The third-order valence-corrected chi connectivity index (χ3v) is 1.66. The highest BCUT2D eigenvalue weighted by atomic mass is 17.2. The minimum atomic E-state index is -1.62. The highest BCUT2D eigenvalue weighted by Crippen LogP contribution is 2.17. The Balaban J connectivity index is 2.63. The van der Waals surface area contributed by atoms with Crippen molar-refractivity contribution >= 4 is 0 Å². The van der Waals surface area contributed by atoms with Crippen LogP contribution < -0.4 is 0 Å². The van der Waals surface area contributed by atoms with Crippen LogP contribution >= 0.6 is 0 Å². The number of aliphatic hydroxyl groups is 4. The maximum absolute atomic E-state index is 8.92. The summed E-state index contributed by atoms with van der Waals surface area (Å²) in [6, 6.07) is 0. The van der Waals surface area contributed by atoms with Gasteiger partial charge in [0.1, 0.15) is 6.10 Å². The Labute approximate surface area is 62.5 Å². The number of hydrogen-bond donors (Lipinski definition) is 5. The van der Waals surface area contributed by atoms with Crippen LogP contribution in [0.5, 0.6) is 0 Å². The Morgan fingerprint density at radius 1 is 1.00 bits per heavy atom. The van der Waals surface area contributed by atoms with E-state index >= 15 is 0 Å². The molecular weight excluding hydrogens is 156 g/mol. The molecule has 0 saturated carbocycles. The van der Waals surface area contributed by atoms with E-state index in [2.05, 4.69) is 0 Å². The van der Waals surface area contributed by atoms with Crippen LogP contribution in [0.2, 0.25) is 0 Å². The first-order valence-corrected chi connectivity index (χ1v) is 3.15. The SMILES string of the molecule is O[C@@H]1[C@@H](O)[C@H](O)[O+](O)C[C@H]1O. The van der Waals surface area contributed by atoms with Gasteiger partial charge < -0.3 is 20.4 Å². The minimum Gasteiger partial charge on any atom is -0.387 e. The lowest BCUT2D eigenvalue weighted by molar-refractivity contribution is -0.532. The monoisotopic (exact) mass is 167 g/mol. The van der Waals surface area contributed by atoms with Gasteiger partial charge in [0.25, 0.3) is 0 Å². The molecule has 0 spiro atoms. The minimum absolute atomic E-state index is 0.362. The zero-order valence-electron chi connectivity index (χ0n) is 5.66. The smallest absolute Gasteiger partial charge is 0.329 e. The molecular formula is C5H11O6+. The second kappa shape index (κ2) is 3.02. The van der Waals surface area contributed by atoms with Crippen LogP contribution in [-0.2, 0) is 4.52 Å². The van der Waals surface area contributed by atoms with Crippen molar-refractivity contribution in [3.05, 3.63) is 0 Å². The average molecular weight is 167 g/mol. The molecule has 4 atom stereocenters. The summed E-state index contributed by atoms with van der Waals surface area (Å²) in [5.41, 5.74) is 0. The Kier molecular flexibility index (Phi) is 2.43. The Morgan fingerprint density at radius 2 is 1.55 bits per heavy atom. The van der Waals surface area contributed by atoms with Gasteiger partial charge in [-0.2, -0.15) is 0 Å². The summed E-state index contributed by atoms with van der Waals surface area (Å²) in [6.45, 7) is -0.362. The van der Waals surface area contributed by atoms with Crippen molar-refractivity contribution < 1.29 is 30.2 Å². The molecule has 6 heteroatoms. The van der Waals surface area contributed by atoms with Crippen molar-refractivity contribution in [1.82, 2.24) is 0 Å². The van der Waals surface area contributed by atoms with Crippen LogP contribution in [0.15, 0.2) is 0 Å². The lowest BCUT2D eigenvalue weighted by Gasteiger charge is -2.31. The van der Waals surface area contributed by atoms with E-state index in [1.54, 1.807) is 0 Å². The first-order chi connectivity index (χ1) is 5.04. The third kappa shape index (κ3) is 1.51. The van der Waals surface area contributed by atoms with Crippen LogP contribution in [0, 0.1) is 0 Å². The van der Waals surface area contributed by atoms with Crippen molar-refractivity contribution in [1.29, 1.82) is 0 Å². The van der Waals surface area contributed by atoms with Gasteiger partial charge >= 0.3 is 6.29 Å². The van der Waals surface area contributed by atoms with E-state index in [9.17, 15) is 0 Å². The lowest BCUT2D eigenvalue weighted by Crippen LogP contribution is -2.56. The summed E-state index contributed by atoms with van der Waals surface area (Å²) in [6.07, 6.45) is -5.90. The zero-order valence-corrected chi connectivity index (χ0v) is 5.66. The normalized spacial score (nSPS) is 47.7. The van der Waals surface area contributed by atoms with Gasteiger partial charge in [0.15, 0.2) is 12.2 Å². The van der Waals surface area contributed by atoms with Crippen LogP contribution in [0.3, 0.4) is 0 Å². The Bertz CT molecular complexity index is 125. The van der Waals surface area contributed by atoms with Gasteiger partial charge in [-0.3, -0.25) is 0 Å². The lowest BCUT2D eigenvalue weighted by atomic mass is 10.1. The molecule has 5 N–H and O–H groups in total. The van der Waals surface area contributed by atoms with Gasteiger partial charge in [-0.1, -0.05) is 0 Å². The second-order valence-electron chi connectivity index (χ2n) is 2.51. The molecule has 1 aliphatic rings. The molecule has 1 heterocycles. The third-order valence-electron chi connectivity index (χ3n) is 1.66. The van der Waals surface area contributed by atoms with Crippen molar-refractivity contribution in [3.8, 4) is 0 Å². The van der Waals surface area contributed by atoms with E-state index in [-0.39, 0.29) is 6.61 Å². The van der Waals surface area contributed by atoms with Gasteiger partial charge in [-0.25, -0.2) is 4.52 Å². The first kappa shape index (κ1) is 8.85. The van der Waals surface area contributed by atoms with Crippen LogP contribution in [0.4, 0.5) is 0 Å². The highest BCUT2D eigenvalue weighted by molar-refractivity contribution is 4.82. The van der Waals surface area contributed by atoms with Gasteiger partial charge in [-0.15, -0.1) is 5.26 Å². The first-order valence-electron chi connectivity index (χ1n) is 3.15. The molecule has 0 aromatic heterocycles. The summed E-state index contributed by atoms with van der Waals surface area (Å²) in [5, 5.41) is 44.3. The second-order valence-corrected chi connectivity index (χ2v) is 2.51. The predicted octanol–water partition coefficient (Wildman–Crippen LogP) is -2.57. The number of hydrogen-bond acceptors (Lipinski definition) is 5. The van der Waals surface area contributed by atoms with Gasteiger partial charge in [0.2, 0.25) is 6.61 Å². The Hall–Kier alpha value is -0.240. The molecule has 0 amide bonds. The number of rotatable bonds is 0. The van der Waals surface area contributed by atoms with Crippen LogP contribution in [-0.4, -0.2) is 56.9 Å². The molecule has 1 aliphatic heterocycles. The molecule has 0 aliphatic carbocycles. The van der Waals surface area contributed by atoms with E-state index in [1.807, 2.05) is 0 Å². The molecule has 6 nitrogen and oxygen atoms in total. The Morgan fingerprint density at radius 3 is 2.09 bits per heavy atom. The fraction of sp³-hybridized carbons (Fsp3) is 1.00. The fourth-order valence-electron chi connectivity index (χ4n) is 0.929. The summed E-state index contributed by atoms with van der Waals surface area (Å²) in [4.78, 5) is 0. The van der Waals surface area contributed by atoms with Crippen molar-refractivity contribution in [2.24, 2.45) is 0 Å². The predicted molar refractivity (Wildman–Crippen MR) is 32.6 cm³/mol. The molecule has 1 rings (SSSR count). The summed E-state index contributed by atoms with van der Waals surface area (Å²) < 4.78 is 1.15. The van der Waals surface area contributed by atoms with Crippen molar-refractivity contribution in [2.45, 2.75) is 24.6 Å². The molecule has 0 aromatic carbocycles. The maximum atomic E-state index is 8.92. The summed E-state index contributed by atoms with van der Waals surface area (Å²) in [7, 11) is 0. The fourth-order valence-corrected chi connectivity index (χ4v) is 0.929. The van der Waals surface area contributed by atoms with Crippen molar-refractivity contribution in [2.75, 3.05) is 6.61 Å². The molecule has 1 fully saturated rings. The quantitative estimate of drug-likeness (QED) is 0.201. The van der Waals surface area contributed by atoms with Crippen LogP contribution in [0.1, 0.15) is 0 Å². The molecule has 1 saturated heterocycles. The topological polar surface area (TPSA) is 104 Å². The zero-order chi connectivity index (χ0) is 8.59. The van der Waals surface area contributed by atoms with Crippen LogP contribution in [0.25, 0.3) is 0 Å². The molecule has 0 unspecified atom stereocenters. The maximum Gasteiger partial charge on any atom is 0.329 e. The number of aliphatic hydroxyl groups excluding tert-OH is 4. The molecule has 11 heavy (non-hydrogen) atoms. The van der Waals surface area contributed by atoms with E-state index in [0.29, 0.717) is 0 Å². The van der Waals surface area contributed by atoms with Crippen molar-refractivity contribution in [3.63, 3.8) is 0 Å². The highest BCUT2D eigenvalue weighted by Gasteiger charge is 2.46. The van der Waals surface area contributed by atoms with Gasteiger partial charge in [0, 0.05) is 0 Å². The molecule has 66 valence electrons. The average Bonchev–Trinajstić information content (AvgIpc) is 1.97. The van der Waals surface area contributed by atoms with E-state index in [1.165, 1.54) is 0 Å².